The van der Waals surface area contributed by atoms with E-state index in [1.165, 1.54) is 11.8 Å². The number of rotatable bonds is 8. The van der Waals surface area contributed by atoms with Crippen LogP contribution in [0.25, 0.3) is 6.08 Å². The Morgan fingerprint density at radius 1 is 1.03 bits per heavy atom. The minimum atomic E-state index is -0.0948. The Bertz CT molecular complexity index is 925. The summed E-state index contributed by atoms with van der Waals surface area (Å²) in [6.45, 7) is 5.38. The quantitative estimate of drug-likeness (QED) is 0.440. The van der Waals surface area contributed by atoms with Gasteiger partial charge in [-0.3, -0.25) is 9.69 Å². The van der Waals surface area contributed by atoms with E-state index >= 15 is 0 Å². The molecule has 5 nitrogen and oxygen atoms in total. The Kier molecular flexibility index (Phi) is 7.17. The molecule has 1 heterocycles. The van der Waals surface area contributed by atoms with E-state index in [1.54, 1.807) is 12.0 Å². The largest absolute Gasteiger partial charge is 0.497 e. The SMILES string of the molecule is CCOc1ccc(C=C2SC(=S)N(Cc3ccc(OC)cc3)C2=O)cc1OCC. The number of carbonyl (C=O) groups is 1. The molecule has 1 aliphatic rings. The third-order valence-corrected chi connectivity index (χ3v) is 5.62. The molecule has 0 N–H and O–H groups in total. The fraction of sp³-hybridized carbons (Fsp3) is 0.273. The second-order valence-electron chi connectivity index (χ2n) is 6.19. The van der Waals surface area contributed by atoms with Gasteiger partial charge in [0.1, 0.15) is 10.1 Å². The highest BCUT2D eigenvalue weighted by Crippen LogP contribution is 2.35. The van der Waals surface area contributed by atoms with Crippen LogP contribution in [0.5, 0.6) is 17.2 Å². The van der Waals surface area contributed by atoms with Gasteiger partial charge in [-0.15, -0.1) is 0 Å². The summed E-state index contributed by atoms with van der Waals surface area (Å²) in [7, 11) is 1.62. The molecule has 0 unspecified atom stereocenters. The minimum Gasteiger partial charge on any atom is -0.497 e. The molecule has 0 saturated carbocycles. The lowest BCUT2D eigenvalue weighted by atomic mass is 10.1. The van der Waals surface area contributed by atoms with Crippen LogP contribution in [0.15, 0.2) is 47.4 Å². The monoisotopic (exact) mass is 429 g/mol. The molecule has 0 aromatic heterocycles. The number of ether oxygens (including phenoxy) is 3. The van der Waals surface area contributed by atoms with Gasteiger partial charge in [0.25, 0.3) is 5.91 Å². The summed E-state index contributed by atoms with van der Waals surface area (Å²) in [5.74, 6) is 2.04. The lowest BCUT2D eigenvalue weighted by Crippen LogP contribution is -2.27. The van der Waals surface area contributed by atoms with E-state index in [0.717, 1.165) is 16.9 Å². The first-order valence-electron chi connectivity index (χ1n) is 9.33. The summed E-state index contributed by atoms with van der Waals surface area (Å²) < 4.78 is 17.0. The number of amides is 1. The molecule has 0 radical (unpaired) electrons. The van der Waals surface area contributed by atoms with Crippen LogP contribution in [0.3, 0.4) is 0 Å². The van der Waals surface area contributed by atoms with E-state index in [1.807, 2.05) is 62.4 Å². The van der Waals surface area contributed by atoms with Gasteiger partial charge in [0, 0.05) is 0 Å². The van der Waals surface area contributed by atoms with Crippen LogP contribution in [0.4, 0.5) is 0 Å². The Morgan fingerprint density at radius 3 is 2.38 bits per heavy atom. The maximum atomic E-state index is 12.9. The maximum absolute atomic E-state index is 12.9. The molecule has 29 heavy (non-hydrogen) atoms. The second kappa shape index (κ2) is 9.80. The fourth-order valence-electron chi connectivity index (χ4n) is 2.86. The van der Waals surface area contributed by atoms with E-state index in [4.69, 9.17) is 26.4 Å². The Morgan fingerprint density at radius 2 is 1.72 bits per heavy atom. The zero-order valence-electron chi connectivity index (χ0n) is 16.6. The summed E-state index contributed by atoms with van der Waals surface area (Å²) in [4.78, 5) is 15.1. The van der Waals surface area contributed by atoms with Gasteiger partial charge in [0.2, 0.25) is 0 Å². The molecular formula is C22H23NO4S2. The summed E-state index contributed by atoms with van der Waals surface area (Å²) in [5, 5.41) is 0. The van der Waals surface area contributed by atoms with E-state index in [0.29, 0.717) is 40.5 Å². The van der Waals surface area contributed by atoms with Gasteiger partial charge in [-0.25, -0.2) is 0 Å². The molecule has 1 amide bonds. The lowest BCUT2D eigenvalue weighted by Gasteiger charge is -2.14. The standard InChI is InChI=1S/C22H23NO4S2/c1-4-26-18-11-8-16(12-19(18)27-5-2)13-20-21(24)23(22(28)29-20)14-15-6-9-17(25-3)10-7-15/h6-13H,4-5,14H2,1-3H3. The molecule has 0 atom stereocenters. The van der Waals surface area contributed by atoms with Gasteiger partial charge in [-0.05, 0) is 55.3 Å². The predicted molar refractivity (Wildman–Crippen MR) is 120 cm³/mol. The number of methoxy groups -OCH3 is 1. The smallest absolute Gasteiger partial charge is 0.266 e. The first kappa shape index (κ1) is 21.2. The number of hydrogen-bond acceptors (Lipinski definition) is 6. The number of hydrogen-bond donors (Lipinski definition) is 0. The molecule has 0 aliphatic carbocycles. The fourth-order valence-corrected chi connectivity index (χ4v) is 4.11. The highest BCUT2D eigenvalue weighted by atomic mass is 32.2. The van der Waals surface area contributed by atoms with Crippen molar-refractivity contribution >= 4 is 40.3 Å². The van der Waals surface area contributed by atoms with Crippen LogP contribution in [0, 0.1) is 0 Å². The summed E-state index contributed by atoms with van der Waals surface area (Å²) in [6.07, 6.45) is 1.84. The van der Waals surface area contributed by atoms with Crippen LogP contribution >= 0.6 is 24.0 Å². The van der Waals surface area contributed by atoms with Crippen molar-refractivity contribution < 1.29 is 19.0 Å². The Balaban J connectivity index is 1.79. The number of carbonyl (C=O) groups excluding carboxylic acids is 1. The highest BCUT2D eigenvalue weighted by Gasteiger charge is 2.32. The van der Waals surface area contributed by atoms with Gasteiger partial charge in [0.15, 0.2) is 11.5 Å². The minimum absolute atomic E-state index is 0.0948. The maximum Gasteiger partial charge on any atom is 0.266 e. The van der Waals surface area contributed by atoms with E-state index in [2.05, 4.69) is 0 Å². The Labute approximate surface area is 180 Å². The van der Waals surface area contributed by atoms with Crippen molar-refractivity contribution in [3.05, 3.63) is 58.5 Å². The molecule has 1 aliphatic heterocycles. The van der Waals surface area contributed by atoms with Gasteiger partial charge in [0.05, 0.1) is 31.8 Å². The molecule has 7 heteroatoms. The topological polar surface area (TPSA) is 48.0 Å². The number of nitrogens with zero attached hydrogens (tertiary/aromatic N) is 1. The number of benzene rings is 2. The van der Waals surface area contributed by atoms with Crippen LogP contribution in [0.2, 0.25) is 0 Å². The van der Waals surface area contributed by atoms with Crippen LogP contribution in [0.1, 0.15) is 25.0 Å². The van der Waals surface area contributed by atoms with Crippen molar-refractivity contribution in [1.29, 1.82) is 0 Å². The number of thioether (sulfide) groups is 1. The molecule has 0 spiro atoms. The third kappa shape index (κ3) is 5.10. The Hall–Kier alpha value is -2.51. The molecule has 2 aromatic carbocycles. The van der Waals surface area contributed by atoms with Crippen molar-refractivity contribution in [1.82, 2.24) is 4.90 Å². The van der Waals surface area contributed by atoms with Crippen LogP contribution in [-0.4, -0.2) is 35.5 Å². The van der Waals surface area contributed by atoms with Gasteiger partial charge in [-0.1, -0.05) is 42.2 Å². The average molecular weight is 430 g/mol. The van der Waals surface area contributed by atoms with Gasteiger partial charge < -0.3 is 14.2 Å². The summed E-state index contributed by atoms with van der Waals surface area (Å²) in [6, 6.07) is 13.3. The van der Waals surface area contributed by atoms with E-state index in [-0.39, 0.29) is 5.91 Å². The zero-order chi connectivity index (χ0) is 20.8. The molecule has 0 bridgehead atoms. The van der Waals surface area contributed by atoms with Crippen LogP contribution in [-0.2, 0) is 11.3 Å². The first-order valence-corrected chi connectivity index (χ1v) is 10.6. The molecule has 1 saturated heterocycles. The molecule has 152 valence electrons. The molecule has 1 fully saturated rings. The van der Waals surface area contributed by atoms with E-state index in [9.17, 15) is 4.79 Å². The van der Waals surface area contributed by atoms with Crippen molar-refractivity contribution in [2.45, 2.75) is 20.4 Å². The normalized spacial score (nSPS) is 15.1. The van der Waals surface area contributed by atoms with Gasteiger partial charge >= 0.3 is 0 Å². The lowest BCUT2D eigenvalue weighted by molar-refractivity contribution is -0.122. The van der Waals surface area contributed by atoms with Crippen molar-refractivity contribution in [3.63, 3.8) is 0 Å². The summed E-state index contributed by atoms with van der Waals surface area (Å²) >= 11 is 6.75. The molecule has 3 rings (SSSR count). The highest BCUT2D eigenvalue weighted by molar-refractivity contribution is 8.26. The second-order valence-corrected chi connectivity index (χ2v) is 7.86. The number of thiocarbonyl (C=S) groups is 1. The van der Waals surface area contributed by atoms with Gasteiger partial charge in [-0.2, -0.15) is 0 Å². The predicted octanol–water partition coefficient (Wildman–Crippen LogP) is 4.89. The summed E-state index contributed by atoms with van der Waals surface area (Å²) in [5.41, 5.74) is 1.85. The van der Waals surface area contributed by atoms with Crippen molar-refractivity contribution in [2.24, 2.45) is 0 Å². The van der Waals surface area contributed by atoms with Crippen LogP contribution < -0.4 is 14.2 Å². The molecule has 2 aromatic rings. The van der Waals surface area contributed by atoms with Crippen molar-refractivity contribution in [2.75, 3.05) is 20.3 Å². The first-order chi connectivity index (χ1) is 14.0. The van der Waals surface area contributed by atoms with E-state index < -0.39 is 0 Å². The third-order valence-electron chi connectivity index (χ3n) is 4.24. The van der Waals surface area contributed by atoms with Crippen molar-refractivity contribution in [3.8, 4) is 17.2 Å². The zero-order valence-corrected chi connectivity index (χ0v) is 18.3. The molecular weight excluding hydrogens is 406 g/mol. The average Bonchev–Trinajstić information content (AvgIpc) is 2.98.